The summed E-state index contributed by atoms with van der Waals surface area (Å²) in [4.78, 5) is 0. The van der Waals surface area contributed by atoms with Crippen LogP contribution in [-0.2, 0) is 0 Å². The van der Waals surface area contributed by atoms with Crippen LogP contribution in [0.3, 0.4) is 0 Å². The lowest BCUT2D eigenvalue weighted by atomic mass is 9.98. The van der Waals surface area contributed by atoms with E-state index in [4.69, 9.17) is 0 Å². The topological polar surface area (TPSA) is 0 Å². The van der Waals surface area contributed by atoms with Gasteiger partial charge in [0.05, 0.1) is 0 Å². The van der Waals surface area contributed by atoms with Crippen LogP contribution in [-0.4, -0.2) is 17.3 Å². The van der Waals surface area contributed by atoms with Gasteiger partial charge in [-0.05, 0) is 36.0 Å². The second-order valence-electron chi connectivity index (χ2n) is 3.15. The molecule has 0 amide bonds. The minimum atomic E-state index is -0.0851. The van der Waals surface area contributed by atoms with E-state index < -0.39 is 0 Å². The first-order valence-electron chi connectivity index (χ1n) is 4.59. The molecule has 0 aliphatic heterocycles. The van der Waals surface area contributed by atoms with Gasteiger partial charge in [0.2, 0.25) is 0 Å². The largest absolute Gasteiger partial charge is 0.207 e. The van der Waals surface area contributed by atoms with Gasteiger partial charge in [0, 0.05) is 5.33 Å². The molecule has 0 aliphatic carbocycles. The zero-order valence-corrected chi connectivity index (χ0v) is 10.6. The molecule has 0 aliphatic rings. The predicted octanol–water partition coefficient (Wildman–Crippen LogP) is 4.06. The Kier molecular flexibility index (Phi) is 5.56. The van der Waals surface area contributed by atoms with E-state index in [1.54, 1.807) is 17.8 Å². The fourth-order valence-corrected chi connectivity index (χ4v) is 2.57. The van der Waals surface area contributed by atoms with E-state index in [1.807, 2.05) is 12.1 Å². The Labute approximate surface area is 97.4 Å². The fraction of sp³-hybridized carbons (Fsp3) is 0.455. The third kappa shape index (κ3) is 3.28. The Morgan fingerprint density at radius 3 is 2.71 bits per heavy atom. The van der Waals surface area contributed by atoms with E-state index in [2.05, 4.69) is 22.2 Å². The molecule has 0 N–H and O–H groups in total. The van der Waals surface area contributed by atoms with Gasteiger partial charge in [0.25, 0.3) is 0 Å². The summed E-state index contributed by atoms with van der Waals surface area (Å²) >= 11 is 5.24. The van der Waals surface area contributed by atoms with Gasteiger partial charge in [-0.25, -0.2) is 4.39 Å². The van der Waals surface area contributed by atoms with Crippen molar-refractivity contribution < 1.29 is 4.39 Å². The number of hydrogen-bond donors (Lipinski definition) is 0. The maximum absolute atomic E-state index is 13.4. The maximum atomic E-state index is 13.4. The lowest BCUT2D eigenvalue weighted by Crippen LogP contribution is -2.04. The van der Waals surface area contributed by atoms with E-state index in [9.17, 15) is 4.39 Å². The van der Waals surface area contributed by atoms with Crippen molar-refractivity contribution in [3.05, 3.63) is 35.6 Å². The zero-order chi connectivity index (χ0) is 10.4. The number of rotatable bonds is 5. The summed E-state index contributed by atoms with van der Waals surface area (Å²) in [5, 5.41) is 0.828. The highest BCUT2D eigenvalue weighted by Crippen LogP contribution is 2.25. The highest BCUT2D eigenvalue weighted by Gasteiger charge is 2.13. The Balaban J connectivity index is 2.73. The average Bonchev–Trinajstić information content (AvgIpc) is 2.21. The summed E-state index contributed by atoms with van der Waals surface area (Å²) in [7, 11) is 0. The van der Waals surface area contributed by atoms with Crippen LogP contribution in [0.2, 0.25) is 0 Å². The number of halogens is 2. The number of benzene rings is 1. The van der Waals surface area contributed by atoms with Gasteiger partial charge >= 0.3 is 0 Å². The zero-order valence-electron chi connectivity index (χ0n) is 8.17. The van der Waals surface area contributed by atoms with Crippen LogP contribution < -0.4 is 0 Å². The predicted molar refractivity (Wildman–Crippen MR) is 65.9 cm³/mol. The summed E-state index contributed by atoms with van der Waals surface area (Å²) in [6.45, 7) is 0. The molecule has 1 atom stereocenters. The average molecular weight is 277 g/mol. The summed E-state index contributed by atoms with van der Waals surface area (Å²) < 4.78 is 13.4. The highest BCUT2D eigenvalue weighted by molar-refractivity contribution is 9.09. The van der Waals surface area contributed by atoms with Crippen molar-refractivity contribution in [3.8, 4) is 0 Å². The molecule has 1 rings (SSSR count). The van der Waals surface area contributed by atoms with Crippen molar-refractivity contribution in [2.45, 2.75) is 12.3 Å². The van der Waals surface area contributed by atoms with Crippen molar-refractivity contribution in [2.75, 3.05) is 17.3 Å². The van der Waals surface area contributed by atoms with Gasteiger partial charge < -0.3 is 0 Å². The van der Waals surface area contributed by atoms with Crippen LogP contribution in [0.4, 0.5) is 4.39 Å². The van der Waals surface area contributed by atoms with Crippen molar-refractivity contribution in [2.24, 2.45) is 0 Å². The molecule has 0 aromatic heterocycles. The minimum absolute atomic E-state index is 0.0851. The van der Waals surface area contributed by atoms with Crippen molar-refractivity contribution >= 4 is 27.7 Å². The SMILES string of the molecule is CSCCC(CBr)c1ccccc1F. The fourth-order valence-electron chi connectivity index (χ4n) is 1.38. The number of alkyl halides is 1. The van der Waals surface area contributed by atoms with E-state index in [1.165, 1.54) is 6.07 Å². The molecular formula is C11H14BrFS. The van der Waals surface area contributed by atoms with Gasteiger partial charge in [0.15, 0.2) is 0 Å². The van der Waals surface area contributed by atoms with Crippen molar-refractivity contribution in [1.29, 1.82) is 0 Å². The summed E-state index contributed by atoms with van der Waals surface area (Å²) in [6, 6.07) is 7.04. The van der Waals surface area contributed by atoms with Crippen LogP contribution in [0.1, 0.15) is 17.9 Å². The van der Waals surface area contributed by atoms with E-state index in [0.29, 0.717) is 5.92 Å². The van der Waals surface area contributed by atoms with Crippen LogP contribution in [0.5, 0.6) is 0 Å². The van der Waals surface area contributed by atoms with Gasteiger partial charge in [0.1, 0.15) is 5.82 Å². The number of thioether (sulfide) groups is 1. The second-order valence-corrected chi connectivity index (χ2v) is 4.79. The summed E-state index contributed by atoms with van der Waals surface area (Å²) in [5.41, 5.74) is 0.832. The molecular weight excluding hydrogens is 263 g/mol. The first kappa shape index (κ1) is 12.1. The quantitative estimate of drug-likeness (QED) is 0.731. The minimum Gasteiger partial charge on any atom is -0.207 e. The van der Waals surface area contributed by atoms with E-state index in [-0.39, 0.29) is 5.82 Å². The van der Waals surface area contributed by atoms with E-state index in [0.717, 1.165) is 23.1 Å². The third-order valence-corrected chi connectivity index (χ3v) is 3.63. The molecule has 1 aromatic carbocycles. The monoisotopic (exact) mass is 276 g/mol. The summed E-state index contributed by atoms with van der Waals surface area (Å²) in [6.07, 6.45) is 3.10. The first-order chi connectivity index (χ1) is 6.79. The molecule has 0 heterocycles. The molecule has 0 radical (unpaired) electrons. The standard InChI is InChI=1S/C11H14BrFS/c1-14-7-6-9(8-12)10-4-2-3-5-11(10)13/h2-5,9H,6-8H2,1H3. The second kappa shape index (κ2) is 6.46. The Morgan fingerprint density at radius 2 is 2.14 bits per heavy atom. The number of hydrogen-bond acceptors (Lipinski definition) is 1. The van der Waals surface area contributed by atoms with Crippen molar-refractivity contribution in [1.82, 2.24) is 0 Å². The van der Waals surface area contributed by atoms with Gasteiger partial charge in [-0.2, -0.15) is 11.8 Å². The first-order valence-corrected chi connectivity index (χ1v) is 7.10. The van der Waals surface area contributed by atoms with E-state index >= 15 is 0 Å². The lowest BCUT2D eigenvalue weighted by molar-refractivity contribution is 0.588. The molecule has 0 fully saturated rings. The molecule has 78 valence electrons. The molecule has 0 spiro atoms. The Hall–Kier alpha value is -0.0200. The van der Waals surface area contributed by atoms with Crippen LogP contribution in [0, 0.1) is 5.82 Å². The molecule has 0 bridgehead atoms. The van der Waals surface area contributed by atoms with Gasteiger partial charge in [-0.3, -0.25) is 0 Å². The molecule has 14 heavy (non-hydrogen) atoms. The Morgan fingerprint density at radius 1 is 1.43 bits per heavy atom. The highest BCUT2D eigenvalue weighted by atomic mass is 79.9. The molecule has 0 nitrogen and oxygen atoms in total. The molecule has 0 saturated carbocycles. The van der Waals surface area contributed by atoms with Gasteiger partial charge in [-0.15, -0.1) is 0 Å². The van der Waals surface area contributed by atoms with Crippen LogP contribution in [0.25, 0.3) is 0 Å². The van der Waals surface area contributed by atoms with Gasteiger partial charge in [-0.1, -0.05) is 34.1 Å². The molecule has 0 saturated heterocycles. The normalized spacial score (nSPS) is 12.8. The smallest absolute Gasteiger partial charge is 0.126 e. The maximum Gasteiger partial charge on any atom is 0.126 e. The molecule has 1 aromatic rings. The lowest BCUT2D eigenvalue weighted by Gasteiger charge is -2.14. The third-order valence-electron chi connectivity index (χ3n) is 2.20. The molecule has 3 heteroatoms. The van der Waals surface area contributed by atoms with Crippen molar-refractivity contribution in [3.63, 3.8) is 0 Å². The van der Waals surface area contributed by atoms with Crippen LogP contribution >= 0.6 is 27.7 Å². The molecule has 1 unspecified atom stereocenters. The summed E-state index contributed by atoms with van der Waals surface area (Å²) in [5.74, 6) is 1.28. The van der Waals surface area contributed by atoms with Crippen LogP contribution in [0.15, 0.2) is 24.3 Å². The Bertz CT molecular complexity index is 278.